The number of nitrogens with one attached hydrogen (secondary N) is 2. The molecule has 4 nitrogen and oxygen atoms in total. The van der Waals surface area contributed by atoms with Crippen molar-refractivity contribution in [1.82, 2.24) is 5.32 Å². The van der Waals surface area contributed by atoms with E-state index in [1.807, 2.05) is 31.4 Å². The Balaban J connectivity index is 2.14. The van der Waals surface area contributed by atoms with Crippen molar-refractivity contribution in [2.24, 2.45) is 0 Å². The van der Waals surface area contributed by atoms with Crippen LogP contribution in [-0.2, 0) is 4.79 Å². The highest BCUT2D eigenvalue weighted by atomic mass is 79.9. The molecule has 2 N–H and O–H groups in total. The molecule has 0 bridgehead atoms. The van der Waals surface area contributed by atoms with Crippen LogP contribution in [0, 0.1) is 6.92 Å². The number of hydrogen-bond acceptors (Lipinski definition) is 3. The van der Waals surface area contributed by atoms with Crippen LogP contribution < -0.4 is 10.6 Å². The maximum atomic E-state index is 12.7. The Kier molecular flexibility index (Phi) is 8.00. The number of amides is 2. The van der Waals surface area contributed by atoms with E-state index in [9.17, 15) is 9.59 Å². The molecule has 1 unspecified atom stereocenters. The predicted octanol–water partition coefficient (Wildman–Crippen LogP) is 4.90. The number of halogens is 2. The molecule has 2 rings (SSSR count). The van der Waals surface area contributed by atoms with Gasteiger partial charge in [0, 0.05) is 10.2 Å². The van der Waals surface area contributed by atoms with Crippen LogP contribution >= 0.6 is 39.3 Å². The van der Waals surface area contributed by atoms with Gasteiger partial charge in [-0.3, -0.25) is 9.59 Å². The third-order valence-electron chi connectivity index (χ3n) is 3.80. The normalized spacial score (nSPS) is 11.7. The first kappa shape index (κ1) is 20.8. The van der Waals surface area contributed by atoms with Gasteiger partial charge in [0.2, 0.25) is 5.91 Å². The van der Waals surface area contributed by atoms with Crippen molar-refractivity contribution in [1.29, 1.82) is 0 Å². The highest BCUT2D eigenvalue weighted by molar-refractivity contribution is 9.10. The lowest BCUT2D eigenvalue weighted by Crippen LogP contribution is -2.44. The predicted molar refractivity (Wildman–Crippen MR) is 113 cm³/mol. The third kappa shape index (κ3) is 5.76. The van der Waals surface area contributed by atoms with Crippen LogP contribution in [0.4, 0.5) is 5.69 Å². The Morgan fingerprint density at radius 3 is 2.62 bits per heavy atom. The van der Waals surface area contributed by atoms with Crippen molar-refractivity contribution >= 4 is 56.8 Å². The number of thioether (sulfide) groups is 1. The smallest absolute Gasteiger partial charge is 0.253 e. The fourth-order valence-corrected chi connectivity index (χ4v) is 3.54. The summed E-state index contributed by atoms with van der Waals surface area (Å²) in [6, 6.07) is 11.8. The van der Waals surface area contributed by atoms with Crippen molar-refractivity contribution in [3.05, 3.63) is 63.1 Å². The van der Waals surface area contributed by atoms with E-state index in [1.54, 1.807) is 36.0 Å². The summed E-state index contributed by atoms with van der Waals surface area (Å²) < 4.78 is 0.943. The Labute approximate surface area is 171 Å². The molecule has 2 amide bonds. The summed E-state index contributed by atoms with van der Waals surface area (Å²) in [4.78, 5) is 25.2. The Morgan fingerprint density at radius 1 is 1.23 bits per heavy atom. The Bertz CT molecular complexity index is 801. The van der Waals surface area contributed by atoms with Crippen molar-refractivity contribution in [2.45, 2.75) is 19.4 Å². The number of aryl methyl sites for hydroxylation is 1. The standard InChI is InChI=1S/C19H20BrClN2O2S/c1-12-11-13(20)7-8-16(12)22-19(25)17(9-10-26-2)23-18(24)14-5-3-4-6-15(14)21/h3-8,11,17H,9-10H2,1-2H3,(H,22,25)(H,23,24). The first-order valence-corrected chi connectivity index (χ1v) is 10.6. The topological polar surface area (TPSA) is 58.2 Å². The summed E-state index contributed by atoms with van der Waals surface area (Å²) in [5.74, 6) is 0.148. The molecule has 1 atom stereocenters. The van der Waals surface area contributed by atoms with E-state index in [0.29, 0.717) is 17.0 Å². The van der Waals surface area contributed by atoms with Crippen LogP contribution in [0.2, 0.25) is 5.02 Å². The average molecular weight is 456 g/mol. The quantitative estimate of drug-likeness (QED) is 0.624. The first-order valence-electron chi connectivity index (χ1n) is 8.03. The zero-order chi connectivity index (χ0) is 19.1. The second-order valence-corrected chi connectivity index (χ2v) is 8.04. The van der Waals surface area contributed by atoms with Crippen LogP contribution in [0.5, 0.6) is 0 Å². The molecule has 0 aliphatic rings. The van der Waals surface area contributed by atoms with Crippen molar-refractivity contribution in [3.8, 4) is 0 Å². The van der Waals surface area contributed by atoms with Crippen LogP contribution in [-0.4, -0.2) is 29.9 Å². The lowest BCUT2D eigenvalue weighted by molar-refractivity contribution is -0.118. The largest absolute Gasteiger partial charge is 0.340 e. The highest BCUT2D eigenvalue weighted by Crippen LogP contribution is 2.21. The van der Waals surface area contributed by atoms with Crippen molar-refractivity contribution in [3.63, 3.8) is 0 Å². The highest BCUT2D eigenvalue weighted by Gasteiger charge is 2.22. The Hall–Kier alpha value is -1.50. The maximum Gasteiger partial charge on any atom is 0.253 e. The minimum absolute atomic E-state index is 0.245. The average Bonchev–Trinajstić information content (AvgIpc) is 2.61. The molecule has 0 spiro atoms. The van der Waals surface area contributed by atoms with Crippen molar-refractivity contribution in [2.75, 3.05) is 17.3 Å². The summed E-state index contributed by atoms with van der Waals surface area (Å²) >= 11 is 11.1. The molecule has 0 fully saturated rings. The lowest BCUT2D eigenvalue weighted by Gasteiger charge is -2.19. The van der Waals surface area contributed by atoms with E-state index < -0.39 is 6.04 Å². The van der Waals surface area contributed by atoms with Gasteiger partial charge in [-0.2, -0.15) is 11.8 Å². The fourth-order valence-electron chi connectivity index (χ4n) is 2.37. The number of anilines is 1. The van der Waals surface area contributed by atoms with Gasteiger partial charge in [-0.15, -0.1) is 0 Å². The molecule has 0 saturated heterocycles. The van der Waals surface area contributed by atoms with E-state index in [4.69, 9.17) is 11.6 Å². The van der Waals surface area contributed by atoms with Gasteiger partial charge < -0.3 is 10.6 Å². The molecule has 138 valence electrons. The SMILES string of the molecule is CSCCC(NC(=O)c1ccccc1Cl)C(=O)Nc1ccc(Br)cc1C. The van der Waals surface area contributed by atoms with E-state index >= 15 is 0 Å². The number of carbonyl (C=O) groups excluding carboxylic acids is 2. The summed E-state index contributed by atoms with van der Waals surface area (Å²) in [5, 5.41) is 6.06. The number of hydrogen-bond donors (Lipinski definition) is 2. The van der Waals surface area contributed by atoms with Crippen LogP contribution in [0.25, 0.3) is 0 Å². The molecule has 7 heteroatoms. The van der Waals surface area contributed by atoms with Gasteiger partial charge >= 0.3 is 0 Å². The van der Waals surface area contributed by atoms with E-state index in [-0.39, 0.29) is 11.8 Å². The monoisotopic (exact) mass is 454 g/mol. The molecule has 0 saturated carbocycles. The number of rotatable bonds is 7. The zero-order valence-electron chi connectivity index (χ0n) is 14.5. The lowest BCUT2D eigenvalue weighted by atomic mass is 10.1. The molecule has 26 heavy (non-hydrogen) atoms. The zero-order valence-corrected chi connectivity index (χ0v) is 17.7. The molecular formula is C19H20BrClN2O2S. The molecule has 0 aliphatic carbocycles. The minimum Gasteiger partial charge on any atom is -0.340 e. The van der Waals surface area contributed by atoms with Gasteiger partial charge in [-0.05, 0) is 61.2 Å². The second kappa shape index (κ2) is 10.00. The van der Waals surface area contributed by atoms with E-state index in [2.05, 4.69) is 26.6 Å². The maximum absolute atomic E-state index is 12.7. The van der Waals surface area contributed by atoms with Gasteiger partial charge in [0.1, 0.15) is 6.04 Å². The third-order valence-corrected chi connectivity index (χ3v) is 5.26. The number of carbonyl (C=O) groups is 2. The first-order chi connectivity index (χ1) is 12.4. The molecule has 2 aromatic rings. The minimum atomic E-state index is -0.644. The fraction of sp³-hybridized carbons (Fsp3) is 0.263. The van der Waals surface area contributed by atoms with Gasteiger partial charge in [0.15, 0.2) is 0 Å². The van der Waals surface area contributed by atoms with E-state index in [0.717, 1.165) is 21.5 Å². The summed E-state index contributed by atoms with van der Waals surface area (Å²) in [6.07, 6.45) is 2.49. The van der Waals surface area contributed by atoms with Crippen LogP contribution in [0.3, 0.4) is 0 Å². The van der Waals surface area contributed by atoms with Crippen molar-refractivity contribution < 1.29 is 9.59 Å². The molecule has 0 aliphatic heterocycles. The second-order valence-electron chi connectivity index (χ2n) is 5.74. The summed E-state index contributed by atoms with van der Waals surface area (Å²) in [6.45, 7) is 1.92. The van der Waals surface area contributed by atoms with Gasteiger partial charge in [0.05, 0.1) is 10.6 Å². The van der Waals surface area contributed by atoms with Gasteiger partial charge in [-0.25, -0.2) is 0 Å². The van der Waals surface area contributed by atoms with Gasteiger partial charge in [-0.1, -0.05) is 39.7 Å². The molecule has 2 aromatic carbocycles. The molecule has 0 radical (unpaired) electrons. The molecular weight excluding hydrogens is 436 g/mol. The molecule has 0 heterocycles. The van der Waals surface area contributed by atoms with Gasteiger partial charge in [0.25, 0.3) is 5.91 Å². The summed E-state index contributed by atoms with van der Waals surface area (Å²) in [5.41, 5.74) is 2.02. The summed E-state index contributed by atoms with van der Waals surface area (Å²) in [7, 11) is 0. The van der Waals surface area contributed by atoms with Crippen LogP contribution in [0.1, 0.15) is 22.3 Å². The van der Waals surface area contributed by atoms with E-state index in [1.165, 1.54) is 0 Å². The number of benzene rings is 2. The molecule has 0 aromatic heterocycles. The Morgan fingerprint density at radius 2 is 1.96 bits per heavy atom. The van der Waals surface area contributed by atoms with Crippen LogP contribution in [0.15, 0.2) is 46.9 Å².